The zero-order valence-corrected chi connectivity index (χ0v) is 16.2. The van der Waals surface area contributed by atoms with E-state index in [0.29, 0.717) is 11.5 Å². The molecule has 6 nitrogen and oxygen atoms in total. The fraction of sp³-hybridized carbons (Fsp3) is 0.562. The van der Waals surface area contributed by atoms with Gasteiger partial charge < -0.3 is 10.6 Å². The van der Waals surface area contributed by atoms with Crippen LogP contribution in [0.1, 0.15) is 37.9 Å². The summed E-state index contributed by atoms with van der Waals surface area (Å²) >= 11 is 0. The van der Waals surface area contributed by atoms with Crippen molar-refractivity contribution in [2.24, 2.45) is 4.99 Å². The van der Waals surface area contributed by atoms with Gasteiger partial charge in [-0.1, -0.05) is 12.1 Å². The van der Waals surface area contributed by atoms with Crippen molar-refractivity contribution in [2.45, 2.75) is 38.5 Å². The molecule has 1 unspecified atom stereocenters. The number of sulfonamides is 1. The van der Waals surface area contributed by atoms with Crippen LogP contribution in [0.2, 0.25) is 0 Å². The van der Waals surface area contributed by atoms with Crippen molar-refractivity contribution in [1.82, 2.24) is 15.4 Å². The molecule has 0 saturated heterocycles. The van der Waals surface area contributed by atoms with Gasteiger partial charge in [-0.05, 0) is 38.5 Å². The van der Waals surface area contributed by atoms with Gasteiger partial charge in [0.2, 0.25) is 10.0 Å². The standard InChI is InChI=1S/C16H25F3N4O2S/c1-11(12-7-6-8-13(9-12)16(17,18)19)22-14(20-4)21-10-15(2,3)23-26(5,24)25/h6-9,11,23H,10H2,1-5H3,(H2,20,21,22). The SMILES string of the molecule is CN=C(NCC(C)(C)NS(C)(=O)=O)NC(C)c1cccc(C(F)(F)F)c1. The monoisotopic (exact) mass is 394 g/mol. The molecule has 0 radical (unpaired) electrons. The van der Waals surface area contributed by atoms with Crippen LogP contribution in [0.3, 0.4) is 0 Å². The highest BCUT2D eigenvalue weighted by Gasteiger charge is 2.30. The van der Waals surface area contributed by atoms with Gasteiger partial charge in [0.25, 0.3) is 0 Å². The fourth-order valence-electron chi connectivity index (χ4n) is 2.31. The molecule has 0 spiro atoms. The summed E-state index contributed by atoms with van der Waals surface area (Å²) in [6.45, 7) is 5.34. The summed E-state index contributed by atoms with van der Waals surface area (Å²) in [6, 6.07) is 4.61. The van der Waals surface area contributed by atoms with Crippen molar-refractivity contribution < 1.29 is 21.6 Å². The topological polar surface area (TPSA) is 82.6 Å². The van der Waals surface area contributed by atoms with Gasteiger partial charge >= 0.3 is 6.18 Å². The zero-order chi connectivity index (χ0) is 20.2. The van der Waals surface area contributed by atoms with E-state index in [-0.39, 0.29) is 6.54 Å². The average molecular weight is 394 g/mol. The first-order chi connectivity index (χ1) is 11.7. The molecule has 1 aromatic rings. The zero-order valence-electron chi connectivity index (χ0n) is 15.4. The van der Waals surface area contributed by atoms with Gasteiger partial charge in [-0.2, -0.15) is 13.2 Å². The third-order valence-corrected chi connectivity index (χ3v) is 4.37. The molecule has 0 fully saturated rings. The van der Waals surface area contributed by atoms with Crippen molar-refractivity contribution in [2.75, 3.05) is 19.8 Å². The first-order valence-corrected chi connectivity index (χ1v) is 9.76. The predicted octanol–water partition coefficient (Wildman–Crippen LogP) is 2.26. The minimum atomic E-state index is -4.41. The number of nitrogens with one attached hydrogen (secondary N) is 3. The number of alkyl halides is 3. The molecule has 1 atom stereocenters. The Hall–Kier alpha value is -1.81. The Balaban J connectivity index is 2.77. The normalized spacial score (nSPS) is 14.8. The van der Waals surface area contributed by atoms with E-state index in [0.717, 1.165) is 18.4 Å². The maximum atomic E-state index is 12.8. The van der Waals surface area contributed by atoms with Crippen LogP contribution in [-0.2, 0) is 16.2 Å². The van der Waals surface area contributed by atoms with E-state index in [1.807, 2.05) is 0 Å². The number of hydrogen-bond donors (Lipinski definition) is 3. The fourth-order valence-corrected chi connectivity index (χ4v) is 3.39. The highest BCUT2D eigenvalue weighted by molar-refractivity contribution is 7.88. The Bertz CT molecular complexity index is 746. The van der Waals surface area contributed by atoms with E-state index in [4.69, 9.17) is 0 Å². The molecule has 0 saturated carbocycles. The Morgan fingerprint density at radius 2 is 1.88 bits per heavy atom. The van der Waals surface area contributed by atoms with Gasteiger partial charge in [0.15, 0.2) is 5.96 Å². The van der Waals surface area contributed by atoms with E-state index < -0.39 is 33.3 Å². The van der Waals surface area contributed by atoms with E-state index >= 15 is 0 Å². The molecule has 0 bridgehead atoms. The third kappa shape index (κ3) is 7.61. The number of aliphatic imine (C=N–C) groups is 1. The minimum absolute atomic E-state index is 0.231. The van der Waals surface area contributed by atoms with Crippen molar-refractivity contribution in [3.8, 4) is 0 Å². The van der Waals surface area contributed by atoms with Crippen LogP contribution in [0.4, 0.5) is 13.2 Å². The van der Waals surface area contributed by atoms with Crippen LogP contribution >= 0.6 is 0 Å². The molecule has 0 amide bonds. The summed E-state index contributed by atoms with van der Waals surface area (Å²) in [7, 11) is -1.86. The molecule has 0 aliphatic heterocycles. The first-order valence-electron chi connectivity index (χ1n) is 7.87. The van der Waals surface area contributed by atoms with Crippen molar-refractivity contribution in [1.29, 1.82) is 0 Å². The quantitative estimate of drug-likeness (QED) is 0.511. The second-order valence-electron chi connectivity index (χ2n) is 6.67. The predicted molar refractivity (Wildman–Crippen MR) is 96.4 cm³/mol. The Labute approximate surface area is 152 Å². The molecular formula is C16H25F3N4O2S. The molecule has 148 valence electrons. The lowest BCUT2D eigenvalue weighted by atomic mass is 10.0. The smallest absolute Gasteiger partial charge is 0.355 e. The Morgan fingerprint density at radius 3 is 2.38 bits per heavy atom. The van der Waals surface area contributed by atoms with Gasteiger partial charge in [0.1, 0.15) is 0 Å². The molecule has 0 aliphatic carbocycles. The van der Waals surface area contributed by atoms with Crippen molar-refractivity contribution >= 4 is 16.0 Å². The number of guanidine groups is 1. The maximum absolute atomic E-state index is 12.8. The van der Waals surface area contributed by atoms with Crippen LogP contribution in [0.5, 0.6) is 0 Å². The number of benzene rings is 1. The number of halogens is 3. The number of rotatable bonds is 6. The highest BCUT2D eigenvalue weighted by atomic mass is 32.2. The average Bonchev–Trinajstić information content (AvgIpc) is 2.48. The lowest BCUT2D eigenvalue weighted by molar-refractivity contribution is -0.137. The van der Waals surface area contributed by atoms with Crippen LogP contribution in [0.15, 0.2) is 29.3 Å². The summed E-state index contributed by atoms with van der Waals surface area (Å²) in [5, 5.41) is 5.96. The molecule has 1 rings (SSSR count). The Kier molecular flexibility index (Phi) is 7.06. The second-order valence-corrected chi connectivity index (χ2v) is 8.42. The molecule has 0 heterocycles. The molecule has 0 aromatic heterocycles. The highest BCUT2D eigenvalue weighted by Crippen LogP contribution is 2.30. The van der Waals surface area contributed by atoms with E-state index in [9.17, 15) is 21.6 Å². The van der Waals surface area contributed by atoms with E-state index in [1.54, 1.807) is 26.8 Å². The number of nitrogens with zero attached hydrogens (tertiary/aromatic N) is 1. The maximum Gasteiger partial charge on any atom is 0.416 e. The summed E-state index contributed by atoms with van der Waals surface area (Å²) in [5.41, 5.74) is -1.04. The summed E-state index contributed by atoms with van der Waals surface area (Å²) in [4.78, 5) is 4.02. The minimum Gasteiger partial charge on any atom is -0.355 e. The molecule has 3 N–H and O–H groups in total. The molecule has 1 aromatic carbocycles. The van der Waals surface area contributed by atoms with E-state index in [2.05, 4.69) is 20.3 Å². The second kappa shape index (κ2) is 8.26. The van der Waals surface area contributed by atoms with Crippen LogP contribution in [-0.4, -0.2) is 39.8 Å². The largest absolute Gasteiger partial charge is 0.416 e. The van der Waals surface area contributed by atoms with Gasteiger partial charge in [0, 0.05) is 19.1 Å². The molecule has 26 heavy (non-hydrogen) atoms. The molecule has 0 aliphatic rings. The summed E-state index contributed by atoms with van der Waals surface area (Å²) in [5.74, 6) is 0.346. The van der Waals surface area contributed by atoms with Gasteiger partial charge in [-0.15, -0.1) is 0 Å². The first kappa shape index (κ1) is 22.2. The van der Waals surface area contributed by atoms with E-state index in [1.165, 1.54) is 13.1 Å². The molecule has 10 heteroatoms. The lowest BCUT2D eigenvalue weighted by Gasteiger charge is -2.27. The van der Waals surface area contributed by atoms with Crippen molar-refractivity contribution in [3.05, 3.63) is 35.4 Å². The molecular weight excluding hydrogens is 369 g/mol. The van der Waals surface area contributed by atoms with Crippen molar-refractivity contribution in [3.63, 3.8) is 0 Å². The Morgan fingerprint density at radius 1 is 1.27 bits per heavy atom. The van der Waals surface area contributed by atoms with Gasteiger partial charge in [0.05, 0.1) is 17.9 Å². The van der Waals surface area contributed by atoms with Crippen LogP contribution in [0, 0.1) is 0 Å². The third-order valence-electron chi connectivity index (χ3n) is 3.45. The summed E-state index contributed by atoms with van der Waals surface area (Å²) < 4.78 is 63.7. The summed E-state index contributed by atoms with van der Waals surface area (Å²) in [6.07, 6.45) is -3.34. The van der Waals surface area contributed by atoms with Gasteiger partial charge in [-0.25, -0.2) is 13.1 Å². The lowest BCUT2D eigenvalue weighted by Crippen LogP contribution is -2.53. The van der Waals surface area contributed by atoms with Crippen LogP contribution in [0.25, 0.3) is 0 Å². The number of hydrogen-bond acceptors (Lipinski definition) is 3. The van der Waals surface area contributed by atoms with Crippen LogP contribution < -0.4 is 15.4 Å². The van der Waals surface area contributed by atoms with Gasteiger partial charge in [-0.3, -0.25) is 4.99 Å².